The molecule has 2 aliphatic rings. The van der Waals surface area contributed by atoms with Gasteiger partial charge in [0.25, 0.3) is 5.91 Å². The van der Waals surface area contributed by atoms with E-state index in [-0.39, 0.29) is 23.7 Å². The van der Waals surface area contributed by atoms with Gasteiger partial charge in [-0.2, -0.15) is 0 Å². The topological polar surface area (TPSA) is 58.6 Å². The van der Waals surface area contributed by atoms with Crippen LogP contribution in [0.2, 0.25) is 0 Å². The first kappa shape index (κ1) is 24.2. The van der Waals surface area contributed by atoms with E-state index in [1.54, 1.807) is 12.1 Å². The Kier molecular flexibility index (Phi) is 6.96. The molecule has 2 aromatic carbocycles. The van der Waals surface area contributed by atoms with Crippen molar-refractivity contribution in [1.82, 2.24) is 10.2 Å². The normalized spacial score (nSPS) is 18.7. The average Bonchev–Trinajstić information content (AvgIpc) is 3.64. The Balaban J connectivity index is 1.65. The van der Waals surface area contributed by atoms with Crippen molar-refractivity contribution in [2.24, 2.45) is 11.3 Å². The van der Waals surface area contributed by atoms with Crippen LogP contribution in [0.15, 0.2) is 42.5 Å². The molecule has 1 N–H and O–H groups in total. The molecule has 5 nitrogen and oxygen atoms in total. The first-order valence-electron chi connectivity index (χ1n) is 12.3. The molecule has 0 aromatic heterocycles. The largest absolute Gasteiger partial charge is 0.481 e. The number of ether oxygens (including phenoxy) is 1. The van der Waals surface area contributed by atoms with E-state index in [1.807, 2.05) is 50.8 Å². The maximum Gasteiger partial charge on any atom is 0.261 e. The molecule has 6 heteroatoms. The molecule has 4 rings (SSSR count). The highest BCUT2D eigenvalue weighted by Gasteiger charge is 2.37. The molecule has 2 amide bonds. The van der Waals surface area contributed by atoms with E-state index in [0.717, 1.165) is 23.1 Å². The lowest BCUT2D eigenvalue weighted by Crippen LogP contribution is -2.45. The standard InChI is InChI=1S/C28H35FN2O3/c1-5-24(26(32)30-17-18-6-7-18)34-22-13-10-19-14-15-31(27(33)28(2,3)4)25(23(19)16-22)20-8-11-21(29)12-9-20/h8-13,16,18,24-25H,5-7,14-15,17H2,1-4H3,(H,30,32)/t24-,25+/m0/s1. The van der Waals surface area contributed by atoms with E-state index in [9.17, 15) is 14.0 Å². The van der Waals surface area contributed by atoms with Gasteiger partial charge in [-0.1, -0.05) is 45.9 Å². The van der Waals surface area contributed by atoms with Crippen molar-refractivity contribution in [3.05, 3.63) is 65.0 Å². The van der Waals surface area contributed by atoms with E-state index in [1.165, 1.54) is 25.0 Å². The fourth-order valence-corrected chi connectivity index (χ4v) is 4.49. The van der Waals surface area contributed by atoms with E-state index in [2.05, 4.69) is 5.32 Å². The second-order valence-corrected chi connectivity index (χ2v) is 10.5. The molecule has 2 aromatic rings. The Morgan fingerprint density at radius 3 is 2.47 bits per heavy atom. The van der Waals surface area contributed by atoms with Gasteiger partial charge in [-0.15, -0.1) is 0 Å². The van der Waals surface area contributed by atoms with Crippen LogP contribution in [0.5, 0.6) is 5.75 Å². The average molecular weight is 467 g/mol. The molecule has 0 saturated heterocycles. The van der Waals surface area contributed by atoms with Crippen molar-refractivity contribution in [2.75, 3.05) is 13.1 Å². The summed E-state index contributed by atoms with van der Waals surface area (Å²) in [5.74, 6) is 0.849. The minimum Gasteiger partial charge on any atom is -0.481 e. The zero-order chi connectivity index (χ0) is 24.5. The molecule has 1 aliphatic carbocycles. The van der Waals surface area contributed by atoms with Crippen molar-refractivity contribution in [2.45, 2.75) is 65.5 Å². The van der Waals surface area contributed by atoms with Gasteiger partial charge in [-0.25, -0.2) is 4.39 Å². The lowest BCUT2D eigenvalue weighted by molar-refractivity contribution is -0.141. The van der Waals surface area contributed by atoms with Gasteiger partial charge in [0.15, 0.2) is 6.10 Å². The number of benzene rings is 2. The van der Waals surface area contributed by atoms with E-state index >= 15 is 0 Å². The third-order valence-electron chi connectivity index (χ3n) is 6.64. The van der Waals surface area contributed by atoms with Crippen LogP contribution in [0.3, 0.4) is 0 Å². The number of nitrogens with zero attached hydrogens (tertiary/aromatic N) is 1. The number of amides is 2. The van der Waals surface area contributed by atoms with Crippen LogP contribution < -0.4 is 10.1 Å². The van der Waals surface area contributed by atoms with Crippen molar-refractivity contribution < 1.29 is 18.7 Å². The highest BCUT2D eigenvalue weighted by Crippen LogP contribution is 2.39. The molecule has 0 bridgehead atoms. The van der Waals surface area contributed by atoms with Gasteiger partial charge < -0.3 is 15.0 Å². The van der Waals surface area contributed by atoms with E-state index in [0.29, 0.717) is 31.2 Å². The second kappa shape index (κ2) is 9.77. The fourth-order valence-electron chi connectivity index (χ4n) is 4.49. The summed E-state index contributed by atoms with van der Waals surface area (Å²) in [4.78, 5) is 27.9. The van der Waals surface area contributed by atoms with Gasteiger partial charge in [0.1, 0.15) is 11.6 Å². The molecule has 1 saturated carbocycles. The quantitative estimate of drug-likeness (QED) is 0.623. The highest BCUT2D eigenvalue weighted by atomic mass is 19.1. The number of carbonyl (C=O) groups is 2. The molecule has 182 valence electrons. The van der Waals surface area contributed by atoms with Gasteiger partial charge >= 0.3 is 0 Å². The summed E-state index contributed by atoms with van der Waals surface area (Å²) in [6, 6.07) is 11.9. The Morgan fingerprint density at radius 1 is 1.15 bits per heavy atom. The van der Waals surface area contributed by atoms with Crippen LogP contribution >= 0.6 is 0 Å². The monoisotopic (exact) mass is 466 g/mol. The summed E-state index contributed by atoms with van der Waals surface area (Å²) in [7, 11) is 0. The summed E-state index contributed by atoms with van der Waals surface area (Å²) in [6.45, 7) is 8.98. The highest BCUT2D eigenvalue weighted by molar-refractivity contribution is 5.83. The lowest BCUT2D eigenvalue weighted by atomic mass is 9.85. The number of fused-ring (bicyclic) bond motifs is 1. The lowest BCUT2D eigenvalue weighted by Gasteiger charge is -2.41. The number of rotatable bonds is 7. The summed E-state index contributed by atoms with van der Waals surface area (Å²) >= 11 is 0. The molecule has 0 radical (unpaired) electrons. The smallest absolute Gasteiger partial charge is 0.261 e. The van der Waals surface area contributed by atoms with Gasteiger partial charge in [0, 0.05) is 18.5 Å². The molecule has 1 fully saturated rings. The van der Waals surface area contributed by atoms with Crippen molar-refractivity contribution in [1.29, 1.82) is 0 Å². The van der Waals surface area contributed by atoms with Crippen LogP contribution in [0.25, 0.3) is 0 Å². The molecule has 1 heterocycles. The van der Waals surface area contributed by atoms with E-state index < -0.39 is 11.5 Å². The zero-order valence-electron chi connectivity index (χ0n) is 20.6. The predicted octanol–water partition coefficient (Wildman–Crippen LogP) is 5.03. The first-order chi connectivity index (χ1) is 16.2. The van der Waals surface area contributed by atoms with Crippen molar-refractivity contribution in [3.8, 4) is 5.75 Å². The maximum absolute atomic E-state index is 13.7. The number of carbonyl (C=O) groups excluding carboxylic acids is 2. The SMILES string of the molecule is CC[C@H](Oc1ccc2c(c1)[C@@H](c1ccc(F)cc1)N(C(=O)C(C)(C)C)CC2)C(=O)NCC1CC1. The molecule has 34 heavy (non-hydrogen) atoms. The Labute approximate surface area is 201 Å². The molecule has 0 unspecified atom stereocenters. The summed E-state index contributed by atoms with van der Waals surface area (Å²) in [5, 5.41) is 3.00. The van der Waals surface area contributed by atoms with Crippen LogP contribution in [0.1, 0.15) is 69.7 Å². The Morgan fingerprint density at radius 2 is 1.85 bits per heavy atom. The Bertz CT molecular complexity index is 1040. The molecule has 0 spiro atoms. The maximum atomic E-state index is 13.7. The van der Waals surface area contributed by atoms with Crippen molar-refractivity contribution in [3.63, 3.8) is 0 Å². The molecular formula is C28H35FN2O3. The van der Waals surface area contributed by atoms with Gasteiger partial charge in [-0.05, 0) is 72.6 Å². The molecular weight excluding hydrogens is 431 g/mol. The third-order valence-corrected chi connectivity index (χ3v) is 6.64. The van der Waals surface area contributed by atoms with Gasteiger partial charge in [0.05, 0.1) is 6.04 Å². The van der Waals surface area contributed by atoms with Gasteiger partial charge in [0.2, 0.25) is 5.91 Å². The zero-order valence-corrected chi connectivity index (χ0v) is 20.6. The second-order valence-electron chi connectivity index (χ2n) is 10.5. The summed E-state index contributed by atoms with van der Waals surface area (Å²) < 4.78 is 19.8. The minimum atomic E-state index is -0.572. The van der Waals surface area contributed by atoms with Crippen LogP contribution in [-0.4, -0.2) is 35.9 Å². The number of hydrogen-bond acceptors (Lipinski definition) is 3. The van der Waals surface area contributed by atoms with Crippen molar-refractivity contribution >= 4 is 11.8 Å². The number of halogens is 1. The molecule has 2 atom stereocenters. The fraction of sp³-hybridized carbons (Fsp3) is 0.500. The first-order valence-corrected chi connectivity index (χ1v) is 12.3. The predicted molar refractivity (Wildman–Crippen MR) is 130 cm³/mol. The summed E-state index contributed by atoms with van der Waals surface area (Å²) in [5.41, 5.74) is 2.40. The summed E-state index contributed by atoms with van der Waals surface area (Å²) in [6.07, 6.45) is 3.07. The van der Waals surface area contributed by atoms with Crippen LogP contribution in [0.4, 0.5) is 4.39 Å². The number of hydrogen-bond donors (Lipinski definition) is 1. The van der Waals surface area contributed by atoms with Gasteiger partial charge in [-0.3, -0.25) is 9.59 Å². The van der Waals surface area contributed by atoms with Crippen LogP contribution in [-0.2, 0) is 16.0 Å². The van der Waals surface area contributed by atoms with E-state index in [4.69, 9.17) is 4.74 Å². The molecule has 1 aliphatic heterocycles. The van der Waals surface area contributed by atoms with Crippen LogP contribution in [0, 0.1) is 17.2 Å². The minimum absolute atomic E-state index is 0.0460. The Hall–Kier alpha value is -2.89. The third kappa shape index (κ3) is 5.43. The number of nitrogens with one attached hydrogen (secondary N) is 1.